The normalized spacial score (nSPS) is 17.6. The average Bonchev–Trinajstić information content (AvgIpc) is 2.88. The molecule has 2 aromatic carbocycles. The zero-order valence-corrected chi connectivity index (χ0v) is 11.3. The highest BCUT2D eigenvalue weighted by Crippen LogP contribution is 2.29. The van der Waals surface area contributed by atoms with E-state index < -0.39 is 0 Å². The first-order chi connectivity index (χ1) is 9.22. The third kappa shape index (κ3) is 2.50. The highest BCUT2D eigenvalue weighted by Gasteiger charge is 2.14. The summed E-state index contributed by atoms with van der Waals surface area (Å²) in [6.45, 7) is 4.27. The molecular weight excluding hydrogens is 230 g/mol. The topological polar surface area (TPSA) is 12.4 Å². The number of hydrogen-bond acceptors (Lipinski definition) is 1. The molecular formula is C18H17N. The molecule has 1 aliphatic heterocycles. The van der Waals surface area contributed by atoms with E-state index in [1.165, 1.54) is 27.8 Å². The van der Waals surface area contributed by atoms with Gasteiger partial charge in [0, 0.05) is 6.21 Å². The molecule has 0 saturated heterocycles. The fourth-order valence-corrected chi connectivity index (χ4v) is 2.56. The van der Waals surface area contributed by atoms with Crippen molar-refractivity contribution in [2.75, 3.05) is 0 Å². The molecule has 0 amide bonds. The van der Waals surface area contributed by atoms with Crippen molar-refractivity contribution in [1.82, 2.24) is 0 Å². The van der Waals surface area contributed by atoms with E-state index in [0.29, 0.717) is 0 Å². The molecule has 1 aliphatic rings. The SMILES string of the molecule is Cc1cc(C)cc(C2=CC(c3ccccc3)N=C2)c1. The quantitative estimate of drug-likeness (QED) is 0.740. The molecule has 0 spiro atoms. The second-order valence-corrected chi connectivity index (χ2v) is 5.13. The van der Waals surface area contributed by atoms with Gasteiger partial charge >= 0.3 is 0 Å². The largest absolute Gasteiger partial charge is 0.280 e. The average molecular weight is 247 g/mol. The van der Waals surface area contributed by atoms with Crippen molar-refractivity contribution < 1.29 is 0 Å². The number of aliphatic imine (C=N–C) groups is 1. The van der Waals surface area contributed by atoms with E-state index in [1.54, 1.807) is 0 Å². The Kier molecular flexibility index (Phi) is 3.04. The monoisotopic (exact) mass is 247 g/mol. The fraction of sp³-hybridized carbons (Fsp3) is 0.167. The van der Waals surface area contributed by atoms with Crippen molar-refractivity contribution in [3.63, 3.8) is 0 Å². The summed E-state index contributed by atoms with van der Waals surface area (Å²) in [5.41, 5.74) is 6.33. The third-order valence-electron chi connectivity index (χ3n) is 3.41. The Morgan fingerprint density at radius 3 is 2.26 bits per heavy atom. The van der Waals surface area contributed by atoms with Crippen molar-refractivity contribution in [3.05, 3.63) is 76.9 Å². The minimum absolute atomic E-state index is 0.164. The van der Waals surface area contributed by atoms with E-state index in [-0.39, 0.29) is 6.04 Å². The standard InChI is InChI=1S/C18H17N/c1-13-8-14(2)10-16(9-13)17-11-18(19-12-17)15-6-4-3-5-7-15/h3-12,18H,1-2H3. The second-order valence-electron chi connectivity index (χ2n) is 5.13. The van der Waals surface area contributed by atoms with Crippen molar-refractivity contribution in [2.24, 2.45) is 4.99 Å². The zero-order valence-electron chi connectivity index (χ0n) is 11.3. The Labute approximate surface area is 114 Å². The maximum absolute atomic E-state index is 4.61. The summed E-state index contributed by atoms with van der Waals surface area (Å²) >= 11 is 0. The summed E-state index contributed by atoms with van der Waals surface area (Å²) in [4.78, 5) is 4.61. The van der Waals surface area contributed by atoms with E-state index in [1.807, 2.05) is 12.3 Å². The molecule has 0 fully saturated rings. The number of allylic oxidation sites excluding steroid dienone is 1. The molecule has 1 heterocycles. The first-order valence-corrected chi connectivity index (χ1v) is 6.61. The van der Waals surface area contributed by atoms with Crippen LogP contribution in [-0.4, -0.2) is 6.21 Å². The van der Waals surface area contributed by atoms with Crippen LogP contribution in [-0.2, 0) is 0 Å². The molecule has 1 unspecified atom stereocenters. The molecule has 3 rings (SSSR count). The van der Waals surface area contributed by atoms with E-state index in [2.05, 4.69) is 67.4 Å². The Balaban J connectivity index is 1.94. The summed E-state index contributed by atoms with van der Waals surface area (Å²) in [6, 6.07) is 17.2. The van der Waals surface area contributed by atoms with Crippen LogP contribution >= 0.6 is 0 Å². The maximum Gasteiger partial charge on any atom is 0.0940 e. The molecule has 19 heavy (non-hydrogen) atoms. The number of aryl methyl sites for hydroxylation is 2. The number of rotatable bonds is 2. The second kappa shape index (κ2) is 4.85. The lowest BCUT2D eigenvalue weighted by atomic mass is 10.00. The molecule has 0 radical (unpaired) electrons. The molecule has 1 nitrogen and oxygen atoms in total. The van der Waals surface area contributed by atoms with Crippen LogP contribution in [0.4, 0.5) is 0 Å². The van der Waals surface area contributed by atoms with Crippen LogP contribution in [0.1, 0.15) is 28.3 Å². The number of nitrogens with zero attached hydrogens (tertiary/aromatic N) is 1. The van der Waals surface area contributed by atoms with Crippen LogP contribution in [0.3, 0.4) is 0 Å². The molecule has 2 aromatic rings. The highest BCUT2D eigenvalue weighted by atomic mass is 14.8. The van der Waals surface area contributed by atoms with Gasteiger partial charge < -0.3 is 0 Å². The highest BCUT2D eigenvalue weighted by molar-refractivity contribution is 6.12. The van der Waals surface area contributed by atoms with Crippen LogP contribution in [0.5, 0.6) is 0 Å². The van der Waals surface area contributed by atoms with Crippen LogP contribution in [0.15, 0.2) is 59.6 Å². The molecule has 1 heteroatoms. The Morgan fingerprint density at radius 1 is 0.895 bits per heavy atom. The van der Waals surface area contributed by atoms with Gasteiger partial charge in [0.15, 0.2) is 0 Å². The minimum atomic E-state index is 0.164. The molecule has 94 valence electrons. The van der Waals surface area contributed by atoms with Gasteiger partial charge in [-0.15, -0.1) is 0 Å². The van der Waals surface area contributed by atoms with Gasteiger partial charge in [0.25, 0.3) is 0 Å². The van der Waals surface area contributed by atoms with Crippen molar-refractivity contribution >= 4 is 11.8 Å². The Bertz CT molecular complexity index is 630. The third-order valence-corrected chi connectivity index (χ3v) is 3.41. The summed E-state index contributed by atoms with van der Waals surface area (Å²) < 4.78 is 0. The molecule has 0 aromatic heterocycles. The van der Waals surface area contributed by atoms with Gasteiger partial charge in [0.05, 0.1) is 6.04 Å². The van der Waals surface area contributed by atoms with Gasteiger partial charge in [-0.25, -0.2) is 0 Å². The summed E-state index contributed by atoms with van der Waals surface area (Å²) in [5.74, 6) is 0. The van der Waals surface area contributed by atoms with Crippen LogP contribution in [0, 0.1) is 13.8 Å². The first kappa shape index (κ1) is 11.9. The van der Waals surface area contributed by atoms with E-state index in [4.69, 9.17) is 0 Å². The van der Waals surface area contributed by atoms with E-state index >= 15 is 0 Å². The fourth-order valence-electron chi connectivity index (χ4n) is 2.56. The Hall–Kier alpha value is -2.15. The lowest BCUT2D eigenvalue weighted by Crippen LogP contribution is -1.88. The molecule has 0 saturated carbocycles. The molecule has 0 aliphatic carbocycles. The van der Waals surface area contributed by atoms with E-state index in [0.717, 1.165) is 0 Å². The van der Waals surface area contributed by atoms with Crippen molar-refractivity contribution in [3.8, 4) is 0 Å². The predicted molar refractivity (Wildman–Crippen MR) is 81.6 cm³/mol. The predicted octanol–water partition coefficient (Wildman–Crippen LogP) is 4.51. The van der Waals surface area contributed by atoms with Crippen LogP contribution in [0.2, 0.25) is 0 Å². The zero-order chi connectivity index (χ0) is 13.2. The van der Waals surface area contributed by atoms with Crippen LogP contribution < -0.4 is 0 Å². The number of benzene rings is 2. The summed E-state index contributed by atoms with van der Waals surface area (Å²) in [5, 5.41) is 0. The van der Waals surface area contributed by atoms with Gasteiger partial charge in [0.1, 0.15) is 0 Å². The number of hydrogen-bond donors (Lipinski definition) is 0. The van der Waals surface area contributed by atoms with Gasteiger partial charge in [-0.2, -0.15) is 0 Å². The Morgan fingerprint density at radius 2 is 1.58 bits per heavy atom. The van der Waals surface area contributed by atoms with Gasteiger partial charge in [0.2, 0.25) is 0 Å². The smallest absolute Gasteiger partial charge is 0.0940 e. The molecule has 0 N–H and O–H groups in total. The van der Waals surface area contributed by atoms with E-state index in [9.17, 15) is 0 Å². The van der Waals surface area contributed by atoms with Crippen LogP contribution in [0.25, 0.3) is 5.57 Å². The molecule has 1 atom stereocenters. The minimum Gasteiger partial charge on any atom is -0.280 e. The summed E-state index contributed by atoms with van der Waals surface area (Å²) in [6.07, 6.45) is 4.23. The van der Waals surface area contributed by atoms with Crippen molar-refractivity contribution in [1.29, 1.82) is 0 Å². The van der Waals surface area contributed by atoms with Crippen molar-refractivity contribution in [2.45, 2.75) is 19.9 Å². The van der Waals surface area contributed by atoms with Gasteiger partial charge in [-0.3, -0.25) is 4.99 Å². The van der Waals surface area contributed by atoms with Gasteiger partial charge in [-0.05, 0) is 36.6 Å². The summed E-state index contributed by atoms with van der Waals surface area (Å²) in [7, 11) is 0. The maximum atomic E-state index is 4.61. The lowest BCUT2D eigenvalue weighted by Gasteiger charge is -2.05. The lowest BCUT2D eigenvalue weighted by molar-refractivity contribution is 0.936. The first-order valence-electron chi connectivity index (χ1n) is 6.61. The van der Waals surface area contributed by atoms with Gasteiger partial charge in [-0.1, -0.05) is 59.7 Å². The molecule has 0 bridgehead atoms.